The Labute approximate surface area is 206 Å². The lowest BCUT2D eigenvalue weighted by Gasteiger charge is -2.34. The second-order valence-corrected chi connectivity index (χ2v) is 9.41. The van der Waals surface area contributed by atoms with Crippen LogP contribution in [0.3, 0.4) is 0 Å². The highest BCUT2D eigenvalue weighted by molar-refractivity contribution is 5.91. The molecule has 1 aliphatic heterocycles. The minimum absolute atomic E-state index is 0.163. The number of allylic oxidation sites excluding steroid dienone is 2. The monoisotopic (exact) mass is 487 g/mol. The van der Waals surface area contributed by atoms with Gasteiger partial charge >= 0.3 is 0 Å². The zero-order valence-corrected chi connectivity index (χ0v) is 19.9. The number of para-hydroxylation sites is 2. The summed E-state index contributed by atoms with van der Waals surface area (Å²) in [5.41, 5.74) is 9.62. The minimum atomic E-state index is -0.525. The largest absolute Gasteiger partial charge is 0.383 e. The van der Waals surface area contributed by atoms with Gasteiger partial charge in [0.25, 0.3) is 0 Å². The highest BCUT2D eigenvalue weighted by Gasteiger charge is 2.29. The maximum Gasteiger partial charge on any atom is 0.163 e. The number of nitrogens with zero attached hydrogens (tertiary/aromatic N) is 8. The second kappa shape index (κ2) is 8.90. The van der Waals surface area contributed by atoms with Crippen LogP contribution in [0.4, 0.5) is 16.0 Å². The molecule has 3 aromatic heterocycles. The molecule has 0 spiro atoms. The number of nitrogens with two attached hydrogens (primary N) is 1. The number of hydrogen-bond acceptors (Lipinski definition) is 9. The Hall–Kier alpha value is -3.99. The molecule has 11 heteroatoms. The van der Waals surface area contributed by atoms with Crippen LogP contribution in [0.5, 0.6) is 0 Å². The van der Waals surface area contributed by atoms with E-state index >= 15 is 0 Å². The topological polar surface area (TPSA) is 119 Å². The smallest absolute Gasteiger partial charge is 0.163 e. The van der Waals surface area contributed by atoms with Gasteiger partial charge in [-0.3, -0.25) is 4.79 Å². The van der Waals surface area contributed by atoms with Crippen molar-refractivity contribution in [2.75, 3.05) is 43.9 Å². The molecule has 1 unspecified atom stereocenters. The van der Waals surface area contributed by atoms with Gasteiger partial charge in [0, 0.05) is 38.5 Å². The van der Waals surface area contributed by atoms with Gasteiger partial charge < -0.3 is 15.5 Å². The molecule has 6 rings (SSSR count). The fraction of sp³-hybridized carbons (Fsp3) is 0.360. The van der Waals surface area contributed by atoms with Gasteiger partial charge in [0.2, 0.25) is 0 Å². The molecule has 1 atom stereocenters. The summed E-state index contributed by atoms with van der Waals surface area (Å²) in [4.78, 5) is 35.2. The van der Waals surface area contributed by atoms with Gasteiger partial charge in [-0.1, -0.05) is 12.1 Å². The van der Waals surface area contributed by atoms with Crippen LogP contribution in [-0.4, -0.2) is 73.6 Å². The van der Waals surface area contributed by atoms with Crippen LogP contribution in [0.1, 0.15) is 30.1 Å². The van der Waals surface area contributed by atoms with E-state index < -0.39 is 11.7 Å². The molecule has 1 fully saturated rings. The lowest BCUT2D eigenvalue weighted by atomic mass is 9.90. The molecular weight excluding hydrogens is 461 g/mol. The Bertz CT molecular complexity index is 1510. The lowest BCUT2D eigenvalue weighted by Crippen LogP contribution is -2.45. The van der Waals surface area contributed by atoms with Crippen molar-refractivity contribution in [3.05, 3.63) is 53.9 Å². The third kappa shape index (κ3) is 4.05. The molecule has 4 aromatic rings. The number of benzene rings is 1. The highest BCUT2D eigenvalue weighted by Crippen LogP contribution is 2.35. The first kappa shape index (κ1) is 22.5. The molecule has 0 bridgehead atoms. The molecule has 184 valence electrons. The average Bonchev–Trinajstić information content (AvgIpc) is 3.23. The zero-order valence-electron chi connectivity index (χ0n) is 19.9. The number of likely N-dealkylation sites (N-methyl/N-ethyl adjacent to an activating group) is 1. The van der Waals surface area contributed by atoms with E-state index in [1.807, 2.05) is 24.3 Å². The van der Waals surface area contributed by atoms with Crippen molar-refractivity contribution in [2.24, 2.45) is 0 Å². The maximum absolute atomic E-state index is 14.2. The average molecular weight is 488 g/mol. The quantitative estimate of drug-likeness (QED) is 0.463. The van der Waals surface area contributed by atoms with Crippen LogP contribution in [0, 0.1) is 0 Å². The summed E-state index contributed by atoms with van der Waals surface area (Å²) in [7, 11) is 2.11. The van der Waals surface area contributed by atoms with E-state index in [1.165, 1.54) is 12.4 Å². The molecule has 0 amide bonds. The number of anilines is 2. The SMILES string of the molecule is CN1CCN(c2nc3ccccc3nc2Cn2nc(C3C=C(F)CC(=O)C3)c3c(N)ncnc32)CC1. The number of fused-ring (bicyclic) bond motifs is 2. The van der Waals surface area contributed by atoms with Gasteiger partial charge in [-0.2, -0.15) is 5.10 Å². The fourth-order valence-corrected chi connectivity index (χ4v) is 4.99. The zero-order chi connectivity index (χ0) is 24.8. The standard InChI is InChI=1S/C25H26FN9O/c1-33-6-8-34(9-7-33)24-20(30-18-4-2-3-5-19(18)31-24)13-35-25-21(23(27)28-14-29-25)22(32-35)15-10-16(26)12-17(36)11-15/h2-5,10,14-15H,6-9,11-13H2,1H3,(H2,27,28,29). The number of ketones is 1. The molecule has 2 N–H and O–H groups in total. The van der Waals surface area contributed by atoms with Crippen molar-refractivity contribution < 1.29 is 9.18 Å². The Kier molecular flexibility index (Phi) is 5.56. The third-order valence-corrected chi connectivity index (χ3v) is 6.86. The van der Waals surface area contributed by atoms with Crippen LogP contribution in [0.2, 0.25) is 0 Å². The summed E-state index contributed by atoms with van der Waals surface area (Å²) in [5, 5.41) is 5.33. The van der Waals surface area contributed by atoms with Gasteiger partial charge in [0.1, 0.15) is 29.4 Å². The van der Waals surface area contributed by atoms with Gasteiger partial charge in [-0.15, -0.1) is 0 Å². The molecule has 1 saturated heterocycles. The first-order valence-electron chi connectivity index (χ1n) is 12.0. The molecule has 36 heavy (non-hydrogen) atoms. The summed E-state index contributed by atoms with van der Waals surface area (Å²) in [6.45, 7) is 3.83. The first-order valence-corrected chi connectivity index (χ1v) is 12.0. The van der Waals surface area contributed by atoms with E-state index in [-0.39, 0.29) is 24.4 Å². The lowest BCUT2D eigenvalue weighted by molar-refractivity contribution is -0.119. The van der Waals surface area contributed by atoms with Gasteiger partial charge in [0.15, 0.2) is 11.5 Å². The van der Waals surface area contributed by atoms with E-state index in [0.717, 1.165) is 48.7 Å². The van der Waals surface area contributed by atoms with Crippen LogP contribution >= 0.6 is 0 Å². The molecule has 10 nitrogen and oxygen atoms in total. The summed E-state index contributed by atoms with van der Waals surface area (Å²) >= 11 is 0. The molecule has 1 aliphatic carbocycles. The maximum atomic E-state index is 14.2. The van der Waals surface area contributed by atoms with Crippen molar-refractivity contribution in [2.45, 2.75) is 25.3 Å². The number of Topliss-reactive ketones (excluding diaryl/α,β-unsaturated/α-hetero) is 1. The van der Waals surface area contributed by atoms with Gasteiger partial charge in [-0.25, -0.2) is 29.0 Å². The molecule has 0 saturated carbocycles. The number of aromatic nitrogens is 6. The summed E-state index contributed by atoms with van der Waals surface area (Å²) < 4.78 is 15.9. The van der Waals surface area contributed by atoms with E-state index in [9.17, 15) is 9.18 Å². The predicted molar refractivity (Wildman–Crippen MR) is 134 cm³/mol. The van der Waals surface area contributed by atoms with Crippen LogP contribution in [0.25, 0.3) is 22.1 Å². The van der Waals surface area contributed by atoms with Crippen molar-refractivity contribution in [1.82, 2.24) is 34.6 Å². The number of carbonyl (C=O) groups is 1. The van der Waals surface area contributed by atoms with Gasteiger partial charge in [-0.05, 0) is 25.3 Å². The predicted octanol–water partition coefficient (Wildman–Crippen LogP) is 2.45. The number of nitrogen functional groups attached to an aromatic ring is 1. The molecule has 1 aromatic carbocycles. The van der Waals surface area contributed by atoms with E-state index in [0.29, 0.717) is 23.3 Å². The van der Waals surface area contributed by atoms with E-state index in [2.05, 4.69) is 26.8 Å². The van der Waals surface area contributed by atoms with Crippen molar-refractivity contribution in [3.63, 3.8) is 0 Å². The second-order valence-electron chi connectivity index (χ2n) is 9.41. The van der Waals surface area contributed by atoms with Crippen LogP contribution in [0.15, 0.2) is 42.5 Å². The van der Waals surface area contributed by atoms with Crippen molar-refractivity contribution in [3.8, 4) is 0 Å². The number of piperazine rings is 1. The van der Waals surface area contributed by atoms with Gasteiger partial charge in [0.05, 0.1) is 35.1 Å². The van der Waals surface area contributed by atoms with Crippen molar-refractivity contribution >= 4 is 39.5 Å². The number of hydrogen-bond donors (Lipinski definition) is 1. The summed E-state index contributed by atoms with van der Waals surface area (Å²) in [5.74, 6) is -0.0872. The summed E-state index contributed by atoms with van der Waals surface area (Å²) in [6.07, 6.45) is 2.82. The van der Waals surface area contributed by atoms with Crippen LogP contribution in [-0.2, 0) is 11.3 Å². The highest BCUT2D eigenvalue weighted by atomic mass is 19.1. The Balaban J connectivity index is 1.47. The normalized spacial score (nSPS) is 19.3. The summed E-state index contributed by atoms with van der Waals surface area (Å²) in [6, 6.07) is 7.79. The third-order valence-electron chi connectivity index (χ3n) is 6.86. The Morgan fingerprint density at radius 1 is 1.08 bits per heavy atom. The Morgan fingerprint density at radius 3 is 2.58 bits per heavy atom. The molecule has 0 radical (unpaired) electrons. The Morgan fingerprint density at radius 2 is 1.83 bits per heavy atom. The fourth-order valence-electron chi connectivity index (χ4n) is 4.99. The first-order chi connectivity index (χ1) is 17.5. The van der Waals surface area contributed by atoms with E-state index in [4.69, 9.17) is 20.8 Å². The molecule has 4 heterocycles. The van der Waals surface area contributed by atoms with Crippen LogP contribution < -0.4 is 10.6 Å². The number of halogens is 1. The van der Waals surface area contributed by atoms with E-state index in [1.54, 1.807) is 4.68 Å². The minimum Gasteiger partial charge on any atom is -0.383 e. The molecule has 2 aliphatic rings. The van der Waals surface area contributed by atoms with Crippen molar-refractivity contribution in [1.29, 1.82) is 0 Å². The number of carbonyl (C=O) groups excluding carboxylic acids is 1. The number of rotatable bonds is 4. The molecular formula is C25H26FN9O.